The highest BCUT2D eigenvalue weighted by atomic mass is 32.2. The number of thioether (sulfide) groups is 2. The molecule has 0 saturated carbocycles. The summed E-state index contributed by atoms with van der Waals surface area (Å²) in [6.45, 7) is 2.01. The molecule has 2 aromatic heterocycles. The fourth-order valence-corrected chi connectivity index (χ4v) is 5.14. The first-order valence-corrected chi connectivity index (χ1v) is 14.5. The van der Waals surface area contributed by atoms with Crippen LogP contribution in [0, 0.1) is 0 Å². The van der Waals surface area contributed by atoms with Gasteiger partial charge in [-0.15, -0.1) is 11.8 Å². The SMILES string of the molecule is CCSc1nsc(NC(=O)CSc2ccc(NC(=O)/C(=C/c3cccnc3)NC(=O)c3ccccc3)cc2)n1. The first kappa shape index (κ1) is 28.0. The van der Waals surface area contributed by atoms with E-state index in [0.29, 0.717) is 27.1 Å². The van der Waals surface area contributed by atoms with Crippen LogP contribution in [0.1, 0.15) is 22.8 Å². The Morgan fingerprint density at radius 2 is 1.74 bits per heavy atom. The van der Waals surface area contributed by atoms with E-state index < -0.39 is 11.8 Å². The van der Waals surface area contributed by atoms with Crippen LogP contribution in [0.15, 0.2) is 94.9 Å². The lowest BCUT2D eigenvalue weighted by Crippen LogP contribution is -2.30. The van der Waals surface area contributed by atoms with Crippen molar-refractivity contribution in [3.05, 3.63) is 95.9 Å². The molecule has 39 heavy (non-hydrogen) atoms. The van der Waals surface area contributed by atoms with Crippen LogP contribution in [0.2, 0.25) is 0 Å². The van der Waals surface area contributed by atoms with Crippen LogP contribution in [0.25, 0.3) is 6.08 Å². The Morgan fingerprint density at radius 3 is 2.46 bits per heavy atom. The molecule has 0 unspecified atom stereocenters. The molecule has 4 rings (SSSR count). The minimum Gasteiger partial charge on any atom is -0.321 e. The van der Waals surface area contributed by atoms with Crippen molar-refractivity contribution in [1.82, 2.24) is 19.7 Å². The van der Waals surface area contributed by atoms with Crippen molar-refractivity contribution in [3.8, 4) is 0 Å². The molecule has 0 aliphatic heterocycles. The largest absolute Gasteiger partial charge is 0.321 e. The van der Waals surface area contributed by atoms with Crippen molar-refractivity contribution in [2.45, 2.75) is 17.0 Å². The number of nitrogens with zero attached hydrogens (tertiary/aromatic N) is 3. The molecule has 0 spiro atoms. The molecule has 9 nitrogen and oxygen atoms in total. The summed E-state index contributed by atoms with van der Waals surface area (Å²) >= 11 is 4.03. The zero-order valence-corrected chi connectivity index (χ0v) is 23.2. The molecule has 0 fully saturated rings. The number of anilines is 2. The Hall–Kier alpha value is -4.00. The number of hydrogen-bond donors (Lipinski definition) is 3. The quantitative estimate of drug-likeness (QED) is 0.165. The lowest BCUT2D eigenvalue weighted by atomic mass is 10.2. The van der Waals surface area contributed by atoms with Gasteiger partial charge in [-0.1, -0.05) is 43.0 Å². The predicted octanol–water partition coefficient (Wildman–Crippen LogP) is 5.19. The first-order chi connectivity index (χ1) is 19.0. The molecule has 12 heteroatoms. The topological polar surface area (TPSA) is 126 Å². The van der Waals surface area contributed by atoms with Gasteiger partial charge in [-0.2, -0.15) is 9.36 Å². The monoisotopic (exact) mass is 576 g/mol. The highest BCUT2D eigenvalue weighted by molar-refractivity contribution is 8.00. The third-order valence-corrected chi connectivity index (χ3v) is 7.42. The Bertz CT molecular complexity index is 1440. The second kappa shape index (κ2) is 14.2. The van der Waals surface area contributed by atoms with Crippen LogP contribution >= 0.6 is 35.1 Å². The maximum atomic E-state index is 13.1. The van der Waals surface area contributed by atoms with Crippen molar-refractivity contribution in [2.24, 2.45) is 0 Å². The summed E-state index contributed by atoms with van der Waals surface area (Å²) in [6.07, 6.45) is 4.79. The lowest BCUT2D eigenvalue weighted by Gasteiger charge is -2.12. The summed E-state index contributed by atoms with van der Waals surface area (Å²) < 4.78 is 4.18. The molecule has 0 saturated heterocycles. The van der Waals surface area contributed by atoms with Gasteiger partial charge in [-0.3, -0.25) is 24.7 Å². The van der Waals surface area contributed by atoms with Crippen LogP contribution in [0.5, 0.6) is 0 Å². The average molecular weight is 577 g/mol. The Morgan fingerprint density at radius 1 is 0.949 bits per heavy atom. The van der Waals surface area contributed by atoms with E-state index in [1.54, 1.807) is 67.0 Å². The van der Waals surface area contributed by atoms with Crippen molar-refractivity contribution in [1.29, 1.82) is 0 Å². The summed E-state index contributed by atoms with van der Waals surface area (Å²) in [5, 5.41) is 9.40. The molecular weight excluding hydrogens is 553 g/mol. The second-order valence-electron chi connectivity index (χ2n) is 7.79. The van der Waals surface area contributed by atoms with Crippen LogP contribution in [0.4, 0.5) is 10.8 Å². The molecule has 0 atom stereocenters. The number of carbonyl (C=O) groups excluding carboxylic acids is 3. The van der Waals surface area contributed by atoms with Crippen molar-refractivity contribution in [2.75, 3.05) is 22.1 Å². The van der Waals surface area contributed by atoms with Crippen LogP contribution in [-0.4, -0.2) is 43.6 Å². The highest BCUT2D eigenvalue weighted by Gasteiger charge is 2.15. The fraction of sp³-hybridized carbons (Fsp3) is 0.111. The Labute approximate surface area is 238 Å². The fourth-order valence-electron chi connectivity index (χ4n) is 3.16. The molecule has 0 bridgehead atoms. The molecule has 2 aromatic carbocycles. The van der Waals surface area contributed by atoms with Gasteiger partial charge in [0, 0.05) is 40.1 Å². The van der Waals surface area contributed by atoms with Gasteiger partial charge < -0.3 is 10.6 Å². The van der Waals surface area contributed by atoms with E-state index >= 15 is 0 Å². The Balaban J connectivity index is 1.36. The van der Waals surface area contributed by atoms with Crippen LogP contribution < -0.4 is 16.0 Å². The van der Waals surface area contributed by atoms with Crippen LogP contribution in [-0.2, 0) is 9.59 Å². The number of nitrogens with one attached hydrogen (secondary N) is 3. The smallest absolute Gasteiger partial charge is 0.272 e. The number of hydrogen-bond acceptors (Lipinski definition) is 9. The summed E-state index contributed by atoms with van der Waals surface area (Å²) in [4.78, 5) is 47.3. The highest BCUT2D eigenvalue weighted by Crippen LogP contribution is 2.23. The van der Waals surface area contributed by atoms with Gasteiger partial charge in [0.15, 0.2) is 0 Å². The number of amides is 3. The molecular formula is C27H24N6O3S3. The Kier molecular flexibility index (Phi) is 10.2. The van der Waals surface area contributed by atoms with Gasteiger partial charge in [0.2, 0.25) is 16.2 Å². The van der Waals surface area contributed by atoms with E-state index in [9.17, 15) is 14.4 Å². The van der Waals surface area contributed by atoms with Gasteiger partial charge >= 0.3 is 0 Å². The number of benzene rings is 2. The maximum absolute atomic E-state index is 13.1. The molecule has 0 aliphatic rings. The number of pyridine rings is 1. The van der Waals surface area contributed by atoms with E-state index in [-0.39, 0.29) is 17.4 Å². The number of aromatic nitrogens is 3. The lowest BCUT2D eigenvalue weighted by molar-refractivity contribution is -0.114. The van der Waals surface area contributed by atoms with E-state index in [2.05, 4.69) is 30.3 Å². The van der Waals surface area contributed by atoms with Gasteiger partial charge in [0.1, 0.15) is 5.70 Å². The predicted molar refractivity (Wildman–Crippen MR) is 157 cm³/mol. The third-order valence-electron chi connectivity index (χ3n) is 4.93. The molecule has 3 N–H and O–H groups in total. The second-order valence-corrected chi connectivity index (χ2v) is 10.8. The standard InChI is InChI=1S/C27H24N6O3S3/c1-2-37-27-32-26(39-33-27)31-23(34)17-38-21-12-10-20(11-13-21)29-25(36)22(15-18-7-6-14-28-16-18)30-24(35)19-8-4-3-5-9-19/h3-16H,2,17H2,1H3,(H,29,36)(H,30,35)(H,31,32,33,34)/b22-15-. The molecule has 2 heterocycles. The summed E-state index contributed by atoms with van der Waals surface area (Å²) in [6, 6.07) is 19.3. The molecule has 198 valence electrons. The first-order valence-electron chi connectivity index (χ1n) is 11.8. The summed E-state index contributed by atoms with van der Waals surface area (Å²) in [7, 11) is 0. The van der Waals surface area contributed by atoms with E-state index in [0.717, 1.165) is 22.2 Å². The van der Waals surface area contributed by atoms with Crippen molar-refractivity contribution >= 4 is 69.7 Å². The van der Waals surface area contributed by atoms with Crippen molar-refractivity contribution in [3.63, 3.8) is 0 Å². The normalized spacial score (nSPS) is 11.1. The van der Waals surface area contributed by atoms with Crippen molar-refractivity contribution < 1.29 is 14.4 Å². The third kappa shape index (κ3) is 8.77. The minimum absolute atomic E-state index is 0.0733. The summed E-state index contributed by atoms with van der Waals surface area (Å²) in [5.41, 5.74) is 1.70. The van der Waals surface area contributed by atoms with Gasteiger partial charge in [-0.05, 0) is 59.9 Å². The van der Waals surface area contributed by atoms with Gasteiger partial charge in [0.05, 0.1) is 5.75 Å². The minimum atomic E-state index is -0.486. The van der Waals surface area contributed by atoms with E-state index in [4.69, 9.17) is 0 Å². The van der Waals surface area contributed by atoms with Gasteiger partial charge in [-0.25, -0.2) is 0 Å². The van der Waals surface area contributed by atoms with Crippen LogP contribution in [0.3, 0.4) is 0 Å². The zero-order valence-electron chi connectivity index (χ0n) is 20.8. The zero-order chi connectivity index (χ0) is 27.5. The average Bonchev–Trinajstić information content (AvgIpc) is 3.40. The molecule has 0 radical (unpaired) electrons. The molecule has 3 amide bonds. The van der Waals surface area contributed by atoms with Gasteiger partial charge in [0.25, 0.3) is 11.8 Å². The number of carbonyl (C=O) groups is 3. The van der Waals surface area contributed by atoms with E-state index in [1.165, 1.54) is 23.5 Å². The number of rotatable bonds is 11. The molecule has 0 aliphatic carbocycles. The summed E-state index contributed by atoms with van der Waals surface area (Å²) in [5.74, 6) is -0.00684. The maximum Gasteiger partial charge on any atom is 0.272 e. The van der Waals surface area contributed by atoms with E-state index in [1.807, 2.05) is 25.1 Å². The molecule has 4 aromatic rings.